The molecule has 0 aromatic rings. The SMILES string of the molecule is C[C-]=C(C)NOC[CH-]C.[CH3-].[Y+3].[Y]. The average molecular weight is 320 g/mol. The van der Waals surface area contributed by atoms with E-state index in [0.29, 0.717) is 6.61 Å². The monoisotopic (exact) mass is 320 g/mol. The van der Waals surface area contributed by atoms with Crippen molar-refractivity contribution >= 4 is 0 Å². The normalized spacial score (nSPS) is 8.75. The minimum absolute atomic E-state index is 0. The Bertz CT molecular complexity index is 97.1. The molecule has 0 aromatic heterocycles. The molecule has 1 radical (unpaired) electrons. The van der Waals surface area contributed by atoms with E-state index in [-0.39, 0.29) is 72.8 Å². The summed E-state index contributed by atoms with van der Waals surface area (Å²) in [6, 6.07) is 0. The van der Waals surface area contributed by atoms with Gasteiger partial charge in [-0.2, -0.15) is 13.8 Å². The summed E-state index contributed by atoms with van der Waals surface area (Å²) in [7, 11) is 0. The maximum absolute atomic E-state index is 4.93. The zero-order valence-electron chi connectivity index (χ0n) is 8.35. The van der Waals surface area contributed by atoms with Crippen LogP contribution >= 0.6 is 0 Å². The second-order valence-electron chi connectivity index (χ2n) is 1.70. The molecule has 1 N–H and O–H groups in total. The van der Waals surface area contributed by atoms with Crippen molar-refractivity contribution in [2.75, 3.05) is 6.61 Å². The van der Waals surface area contributed by atoms with Gasteiger partial charge in [0.1, 0.15) is 0 Å². The van der Waals surface area contributed by atoms with E-state index < -0.39 is 0 Å². The van der Waals surface area contributed by atoms with Crippen molar-refractivity contribution in [3.8, 4) is 0 Å². The van der Waals surface area contributed by atoms with E-state index in [0.717, 1.165) is 5.70 Å². The third-order valence-electron chi connectivity index (χ3n) is 0.850. The van der Waals surface area contributed by atoms with Crippen molar-refractivity contribution < 1.29 is 70.3 Å². The van der Waals surface area contributed by atoms with Gasteiger partial charge in [-0.15, -0.1) is 5.70 Å². The number of hydroxylamine groups is 1. The van der Waals surface area contributed by atoms with Gasteiger partial charge >= 0.3 is 32.7 Å². The van der Waals surface area contributed by atoms with E-state index in [9.17, 15) is 0 Å². The smallest absolute Gasteiger partial charge is 0.477 e. The van der Waals surface area contributed by atoms with Gasteiger partial charge in [0.25, 0.3) is 0 Å². The summed E-state index contributed by atoms with van der Waals surface area (Å²) in [6.45, 7) is 6.30. The van der Waals surface area contributed by atoms with Crippen molar-refractivity contribution in [1.29, 1.82) is 0 Å². The predicted octanol–water partition coefficient (Wildman–Crippen LogP) is 1.90. The number of rotatable bonds is 4. The Kier molecular flexibility index (Phi) is 36.2. The summed E-state index contributed by atoms with van der Waals surface area (Å²) >= 11 is 0. The Balaban J connectivity index is -0.000000107. The molecule has 0 aliphatic heterocycles. The van der Waals surface area contributed by atoms with Gasteiger partial charge in [0.2, 0.25) is 0 Å². The molecule has 0 fully saturated rings. The van der Waals surface area contributed by atoms with Gasteiger partial charge in [0.05, 0.1) is 0 Å². The van der Waals surface area contributed by atoms with Crippen LogP contribution in [0.2, 0.25) is 0 Å². The van der Waals surface area contributed by atoms with Crippen LogP contribution in [-0.4, -0.2) is 6.61 Å². The molecule has 65 valence electrons. The van der Waals surface area contributed by atoms with E-state index in [2.05, 4.69) is 11.6 Å². The van der Waals surface area contributed by atoms with E-state index in [4.69, 9.17) is 4.84 Å². The Morgan fingerprint density at radius 1 is 1.58 bits per heavy atom. The van der Waals surface area contributed by atoms with Crippen molar-refractivity contribution in [1.82, 2.24) is 5.48 Å². The average Bonchev–Trinajstić information content (AvgIpc) is 1.89. The summed E-state index contributed by atoms with van der Waals surface area (Å²) in [5.41, 5.74) is 3.62. The minimum Gasteiger partial charge on any atom is -0.477 e. The first-order chi connectivity index (χ1) is 4.31. The summed E-state index contributed by atoms with van der Waals surface area (Å²) in [4.78, 5) is 4.93. The molecule has 4 heteroatoms. The van der Waals surface area contributed by atoms with Gasteiger partial charge in [-0.25, -0.2) is 0 Å². The van der Waals surface area contributed by atoms with E-state index >= 15 is 0 Å². The first-order valence-corrected chi connectivity index (χ1v) is 2.98. The molecule has 0 aliphatic carbocycles. The number of allylic oxidation sites excluding steroid dienone is 2. The second kappa shape index (κ2) is 18.5. The Morgan fingerprint density at radius 2 is 2.08 bits per heavy atom. The van der Waals surface area contributed by atoms with Gasteiger partial charge in [-0.3, -0.25) is 0 Å². The van der Waals surface area contributed by atoms with Gasteiger partial charge in [-0.1, -0.05) is 6.92 Å². The summed E-state index contributed by atoms with van der Waals surface area (Å²) in [5.74, 6) is 0. The van der Waals surface area contributed by atoms with E-state index in [1.54, 1.807) is 0 Å². The van der Waals surface area contributed by atoms with E-state index in [1.165, 1.54) is 0 Å². The first-order valence-electron chi connectivity index (χ1n) is 2.98. The zero-order valence-corrected chi connectivity index (χ0v) is 14.0. The molecule has 0 unspecified atom stereocenters. The van der Waals surface area contributed by atoms with Crippen molar-refractivity contribution in [3.63, 3.8) is 0 Å². The van der Waals surface area contributed by atoms with Gasteiger partial charge in [0.15, 0.2) is 0 Å². The van der Waals surface area contributed by atoms with Crippen molar-refractivity contribution in [3.05, 3.63) is 25.6 Å². The topological polar surface area (TPSA) is 21.3 Å². The van der Waals surface area contributed by atoms with Crippen molar-refractivity contribution in [2.45, 2.75) is 20.8 Å². The maximum Gasteiger partial charge on any atom is 3.00 e. The second-order valence-corrected chi connectivity index (χ2v) is 1.70. The molecule has 2 nitrogen and oxygen atoms in total. The molecule has 0 rings (SSSR count). The molecular weight excluding hydrogens is 304 g/mol. The molecule has 0 atom stereocenters. The summed E-state index contributed by atoms with van der Waals surface area (Å²) in [6.07, 6.45) is 4.82. The molecule has 0 bridgehead atoms. The molecule has 0 spiro atoms. The number of nitrogens with one attached hydrogen (secondary N) is 1. The van der Waals surface area contributed by atoms with Crippen LogP contribution in [0, 0.1) is 19.9 Å². The fourth-order valence-corrected chi connectivity index (χ4v) is 0.284. The first kappa shape index (κ1) is 23.5. The molecular formula is C8H16NOY2. The van der Waals surface area contributed by atoms with Crippen LogP contribution in [0.15, 0.2) is 5.70 Å². The molecule has 0 aliphatic rings. The zero-order chi connectivity index (χ0) is 7.11. The molecule has 0 amide bonds. The molecule has 0 saturated carbocycles. The third-order valence-corrected chi connectivity index (χ3v) is 0.850. The Morgan fingerprint density at radius 3 is 2.42 bits per heavy atom. The van der Waals surface area contributed by atoms with Crippen LogP contribution in [0.3, 0.4) is 0 Å². The Hall–Kier alpha value is 1.71. The Labute approximate surface area is 127 Å². The third kappa shape index (κ3) is 17.7. The fourth-order valence-electron chi connectivity index (χ4n) is 0.284. The van der Waals surface area contributed by atoms with Gasteiger partial charge < -0.3 is 30.2 Å². The number of hydrogen-bond acceptors (Lipinski definition) is 2. The standard InChI is InChI=1S/C7H13NO.CH3.2Y/c1-4-6-9-8-7(3)5-2;;;/h4,8H,6H2,1-3H3;1H3;;/q-2;-1;;+3. The molecule has 0 heterocycles. The van der Waals surface area contributed by atoms with Crippen LogP contribution in [0.4, 0.5) is 0 Å². The van der Waals surface area contributed by atoms with Crippen LogP contribution in [0.25, 0.3) is 0 Å². The van der Waals surface area contributed by atoms with Crippen LogP contribution < -0.4 is 5.48 Å². The van der Waals surface area contributed by atoms with Gasteiger partial charge in [0, 0.05) is 32.7 Å². The predicted molar refractivity (Wildman–Crippen MR) is 43.6 cm³/mol. The van der Waals surface area contributed by atoms with Crippen LogP contribution in [-0.2, 0) is 70.3 Å². The molecule has 0 aromatic carbocycles. The van der Waals surface area contributed by atoms with Gasteiger partial charge in [-0.05, 0) is 6.61 Å². The summed E-state index contributed by atoms with van der Waals surface area (Å²) in [5, 5.41) is 0. The van der Waals surface area contributed by atoms with Crippen LogP contribution in [0.5, 0.6) is 0 Å². The largest absolute Gasteiger partial charge is 3.00 e. The molecule has 12 heavy (non-hydrogen) atoms. The number of hydrogen-bond donors (Lipinski definition) is 1. The van der Waals surface area contributed by atoms with Crippen molar-refractivity contribution in [2.24, 2.45) is 0 Å². The minimum atomic E-state index is 0. The maximum atomic E-state index is 4.93. The van der Waals surface area contributed by atoms with Crippen LogP contribution in [0.1, 0.15) is 20.8 Å². The van der Waals surface area contributed by atoms with E-state index in [1.807, 2.05) is 27.2 Å². The summed E-state index contributed by atoms with van der Waals surface area (Å²) < 4.78 is 0. The fraction of sp³-hybridized carbons (Fsp3) is 0.500. The quantitative estimate of drug-likeness (QED) is 0.485. The molecule has 0 saturated heterocycles.